The van der Waals surface area contributed by atoms with Crippen LogP contribution in [0.1, 0.15) is 35.9 Å². The number of benzene rings is 1. The molecule has 0 saturated carbocycles. The summed E-state index contributed by atoms with van der Waals surface area (Å²) >= 11 is 0. The van der Waals surface area contributed by atoms with Crippen molar-refractivity contribution in [2.45, 2.75) is 38.8 Å². The molecule has 8 heteroatoms. The monoisotopic (exact) mass is 400 g/mol. The van der Waals surface area contributed by atoms with E-state index in [-0.39, 0.29) is 11.7 Å². The molecule has 1 aromatic heterocycles. The van der Waals surface area contributed by atoms with Crippen molar-refractivity contribution in [3.63, 3.8) is 0 Å². The summed E-state index contributed by atoms with van der Waals surface area (Å²) in [6.45, 7) is 3.81. The van der Waals surface area contributed by atoms with Gasteiger partial charge in [0, 0.05) is 6.54 Å². The lowest BCUT2D eigenvalue weighted by atomic mass is 10.2. The van der Waals surface area contributed by atoms with Crippen molar-refractivity contribution in [1.29, 1.82) is 0 Å². The Kier molecular flexibility index (Phi) is 6.21. The number of carbonyl (C=O) groups is 3. The van der Waals surface area contributed by atoms with E-state index < -0.39 is 24.0 Å². The number of amides is 2. The topological polar surface area (TPSA) is 98.1 Å². The molecule has 3 rings (SSSR count). The second-order valence-electron chi connectivity index (χ2n) is 6.91. The molecule has 0 bridgehead atoms. The molecule has 2 atom stereocenters. The third-order valence-corrected chi connectivity index (χ3v) is 4.79. The quantitative estimate of drug-likeness (QED) is 0.749. The van der Waals surface area contributed by atoms with Crippen LogP contribution < -0.4 is 10.1 Å². The zero-order valence-electron chi connectivity index (χ0n) is 16.6. The summed E-state index contributed by atoms with van der Waals surface area (Å²) in [7, 11) is 1.51. The number of esters is 1. The van der Waals surface area contributed by atoms with Crippen LogP contribution in [0.5, 0.6) is 5.75 Å². The minimum atomic E-state index is -1.03. The van der Waals surface area contributed by atoms with Crippen molar-refractivity contribution in [3.05, 3.63) is 47.9 Å². The Labute approximate surface area is 168 Å². The van der Waals surface area contributed by atoms with Crippen LogP contribution in [0.25, 0.3) is 0 Å². The van der Waals surface area contributed by atoms with Crippen LogP contribution in [0.4, 0.5) is 5.69 Å². The molecular weight excluding hydrogens is 376 g/mol. The molecule has 29 heavy (non-hydrogen) atoms. The molecule has 154 valence electrons. The van der Waals surface area contributed by atoms with Gasteiger partial charge in [0.2, 0.25) is 0 Å². The van der Waals surface area contributed by atoms with Gasteiger partial charge < -0.3 is 24.1 Å². The van der Waals surface area contributed by atoms with E-state index in [1.165, 1.54) is 25.2 Å². The molecule has 2 heterocycles. The van der Waals surface area contributed by atoms with Gasteiger partial charge in [-0.25, -0.2) is 4.79 Å². The smallest absolute Gasteiger partial charge is 0.329 e. The molecule has 1 fully saturated rings. The minimum Gasteiger partial charge on any atom is -0.495 e. The van der Waals surface area contributed by atoms with Gasteiger partial charge in [-0.05, 0) is 56.5 Å². The number of likely N-dealkylation sites (tertiary alicyclic amines) is 1. The van der Waals surface area contributed by atoms with Crippen LogP contribution in [0, 0.1) is 6.92 Å². The van der Waals surface area contributed by atoms with Crippen LogP contribution in [0.2, 0.25) is 0 Å². The molecule has 1 aliphatic rings. The highest BCUT2D eigenvalue weighted by Gasteiger charge is 2.37. The van der Waals surface area contributed by atoms with Gasteiger partial charge in [-0.3, -0.25) is 9.59 Å². The summed E-state index contributed by atoms with van der Waals surface area (Å²) in [6, 6.07) is 7.81. The summed E-state index contributed by atoms with van der Waals surface area (Å²) in [6.07, 6.45) is 1.52. The number of aryl methyl sites for hydroxylation is 1. The van der Waals surface area contributed by atoms with E-state index in [9.17, 15) is 14.4 Å². The third kappa shape index (κ3) is 4.59. The Morgan fingerprint density at radius 3 is 2.76 bits per heavy atom. The first-order valence-electron chi connectivity index (χ1n) is 9.41. The summed E-state index contributed by atoms with van der Waals surface area (Å²) in [5.74, 6) is -0.781. The van der Waals surface area contributed by atoms with Crippen molar-refractivity contribution in [2.75, 3.05) is 19.0 Å². The Hall–Kier alpha value is -3.29. The van der Waals surface area contributed by atoms with Crippen molar-refractivity contribution in [2.24, 2.45) is 0 Å². The van der Waals surface area contributed by atoms with Gasteiger partial charge in [-0.15, -0.1) is 0 Å². The van der Waals surface area contributed by atoms with Crippen LogP contribution in [0.3, 0.4) is 0 Å². The lowest BCUT2D eigenvalue weighted by molar-refractivity contribution is -0.156. The first-order chi connectivity index (χ1) is 13.9. The average Bonchev–Trinajstić information content (AvgIpc) is 3.39. The van der Waals surface area contributed by atoms with Gasteiger partial charge in [0.15, 0.2) is 11.9 Å². The Bertz CT molecular complexity index is 893. The number of furan rings is 1. The van der Waals surface area contributed by atoms with Crippen molar-refractivity contribution >= 4 is 23.5 Å². The van der Waals surface area contributed by atoms with Crippen LogP contribution >= 0.6 is 0 Å². The standard InChI is InChI=1S/C21H24N2O6/c1-13-8-9-17(27-3)15(12-13)22-19(24)14(2)29-21(26)16-6-4-10-23(16)20(25)18-7-5-11-28-18/h5,7-9,11-12,14,16H,4,6,10H2,1-3H3,(H,22,24)/t14-,16+/m0/s1. The van der Waals surface area contributed by atoms with Crippen molar-refractivity contribution < 1.29 is 28.3 Å². The number of carbonyl (C=O) groups excluding carboxylic acids is 3. The first kappa shape index (κ1) is 20.4. The maximum atomic E-state index is 12.6. The number of ether oxygens (including phenoxy) is 2. The Morgan fingerprint density at radius 2 is 2.07 bits per heavy atom. The summed E-state index contributed by atoms with van der Waals surface area (Å²) in [5.41, 5.74) is 1.44. The van der Waals surface area contributed by atoms with Gasteiger partial charge in [-0.1, -0.05) is 6.07 Å². The van der Waals surface area contributed by atoms with Gasteiger partial charge in [0.05, 0.1) is 19.1 Å². The lowest BCUT2D eigenvalue weighted by Crippen LogP contribution is -2.43. The van der Waals surface area contributed by atoms with Crippen molar-refractivity contribution in [3.8, 4) is 5.75 Å². The molecule has 1 aliphatic heterocycles. The molecule has 1 aromatic carbocycles. The fourth-order valence-electron chi connectivity index (χ4n) is 3.26. The molecule has 2 aromatic rings. The molecule has 0 spiro atoms. The van der Waals surface area contributed by atoms with Crippen LogP contribution in [0.15, 0.2) is 41.0 Å². The molecule has 0 unspecified atom stereocenters. The van der Waals surface area contributed by atoms with Crippen molar-refractivity contribution in [1.82, 2.24) is 4.90 Å². The van der Waals surface area contributed by atoms with Gasteiger partial charge in [-0.2, -0.15) is 0 Å². The summed E-state index contributed by atoms with van der Waals surface area (Å²) in [5, 5.41) is 2.72. The Morgan fingerprint density at radius 1 is 1.28 bits per heavy atom. The largest absolute Gasteiger partial charge is 0.495 e. The SMILES string of the molecule is COc1ccc(C)cc1NC(=O)[C@H](C)OC(=O)[C@H]1CCCN1C(=O)c1ccco1. The molecule has 2 amide bonds. The number of anilines is 1. The molecule has 0 aliphatic carbocycles. The summed E-state index contributed by atoms with van der Waals surface area (Å²) < 4.78 is 15.7. The van der Waals surface area contributed by atoms with Crippen LogP contribution in [-0.4, -0.2) is 48.5 Å². The fourth-order valence-corrected chi connectivity index (χ4v) is 3.26. The molecule has 1 saturated heterocycles. The number of hydrogen-bond acceptors (Lipinski definition) is 6. The number of methoxy groups -OCH3 is 1. The second kappa shape index (κ2) is 8.81. The minimum absolute atomic E-state index is 0.169. The van der Waals surface area contributed by atoms with Crippen LogP contribution in [-0.2, 0) is 14.3 Å². The van der Waals surface area contributed by atoms with E-state index in [4.69, 9.17) is 13.9 Å². The molecule has 8 nitrogen and oxygen atoms in total. The van der Waals surface area contributed by atoms with E-state index >= 15 is 0 Å². The van der Waals surface area contributed by atoms with E-state index in [0.717, 1.165) is 5.56 Å². The zero-order chi connectivity index (χ0) is 21.0. The number of hydrogen-bond donors (Lipinski definition) is 1. The molecule has 1 N–H and O–H groups in total. The van der Waals surface area contributed by atoms with E-state index in [1.807, 2.05) is 13.0 Å². The zero-order valence-corrected chi connectivity index (χ0v) is 16.6. The lowest BCUT2D eigenvalue weighted by Gasteiger charge is -2.24. The average molecular weight is 400 g/mol. The number of nitrogens with one attached hydrogen (secondary N) is 1. The predicted octanol–water partition coefficient (Wildman–Crippen LogP) is 2.77. The molecule has 0 radical (unpaired) electrons. The number of nitrogens with zero attached hydrogens (tertiary/aromatic N) is 1. The van der Waals surface area contributed by atoms with E-state index in [2.05, 4.69) is 5.32 Å². The number of rotatable bonds is 6. The predicted molar refractivity (Wildman–Crippen MR) is 105 cm³/mol. The highest BCUT2D eigenvalue weighted by molar-refractivity contribution is 5.98. The highest BCUT2D eigenvalue weighted by atomic mass is 16.5. The van der Waals surface area contributed by atoms with Gasteiger partial charge >= 0.3 is 5.97 Å². The summed E-state index contributed by atoms with van der Waals surface area (Å²) in [4.78, 5) is 39.1. The molecular formula is C21H24N2O6. The third-order valence-electron chi connectivity index (χ3n) is 4.79. The van der Waals surface area contributed by atoms with Gasteiger partial charge in [0.1, 0.15) is 11.8 Å². The highest BCUT2D eigenvalue weighted by Crippen LogP contribution is 2.26. The normalized spacial score (nSPS) is 16.9. The maximum Gasteiger partial charge on any atom is 0.329 e. The fraction of sp³-hybridized carbons (Fsp3) is 0.381. The Balaban J connectivity index is 1.63. The maximum absolute atomic E-state index is 12.6. The van der Waals surface area contributed by atoms with E-state index in [1.54, 1.807) is 24.3 Å². The van der Waals surface area contributed by atoms with E-state index in [0.29, 0.717) is 30.8 Å². The second-order valence-corrected chi connectivity index (χ2v) is 6.91. The van der Waals surface area contributed by atoms with Gasteiger partial charge in [0.25, 0.3) is 11.8 Å². The first-order valence-corrected chi connectivity index (χ1v) is 9.41.